The molecule has 0 aromatic carbocycles. The van der Waals surface area contributed by atoms with Crippen molar-refractivity contribution in [2.45, 2.75) is 37.3 Å². The predicted molar refractivity (Wildman–Crippen MR) is 57.3 cm³/mol. The maximum Gasteiger partial charge on any atom is 0.240 e. The Labute approximate surface area is 103 Å². The SMILES string of the molecule is N#C[C@H]1[C@H](F)[C@@H](F)CN1C(=O)[C@@H](N)CCC(N)=O. The maximum absolute atomic E-state index is 13.3. The molecular weight excluding hydrogens is 246 g/mol. The molecule has 1 aliphatic rings. The first kappa shape index (κ1) is 14.3. The second-order valence-electron chi connectivity index (χ2n) is 4.14. The fraction of sp³-hybridized carbons (Fsp3) is 0.700. The summed E-state index contributed by atoms with van der Waals surface area (Å²) in [7, 11) is 0. The van der Waals surface area contributed by atoms with Gasteiger partial charge in [-0.2, -0.15) is 5.26 Å². The van der Waals surface area contributed by atoms with Crippen LogP contribution in [0.25, 0.3) is 0 Å². The normalized spacial score (nSPS) is 28.8. The number of halogens is 2. The summed E-state index contributed by atoms with van der Waals surface area (Å²) in [6, 6.07) is -1.02. The van der Waals surface area contributed by atoms with E-state index in [2.05, 4.69) is 0 Å². The van der Waals surface area contributed by atoms with Crippen LogP contribution in [0.15, 0.2) is 0 Å². The molecular formula is C10H14F2N4O2. The lowest BCUT2D eigenvalue weighted by Crippen LogP contribution is -2.47. The van der Waals surface area contributed by atoms with Crippen LogP contribution in [0.4, 0.5) is 8.78 Å². The fourth-order valence-electron chi connectivity index (χ4n) is 1.77. The molecule has 0 unspecified atom stereocenters. The van der Waals surface area contributed by atoms with Gasteiger partial charge in [-0.05, 0) is 6.42 Å². The minimum atomic E-state index is -2.03. The number of primary amides is 1. The number of nitrogens with two attached hydrogens (primary N) is 2. The average molecular weight is 260 g/mol. The third-order valence-corrected chi connectivity index (χ3v) is 2.79. The van der Waals surface area contributed by atoms with Gasteiger partial charge in [0.05, 0.1) is 18.7 Å². The first-order valence-electron chi connectivity index (χ1n) is 5.40. The minimum Gasteiger partial charge on any atom is -0.370 e. The molecule has 4 atom stereocenters. The maximum atomic E-state index is 13.3. The molecule has 0 aliphatic carbocycles. The molecule has 0 radical (unpaired) electrons. The minimum absolute atomic E-state index is 0.0171. The highest BCUT2D eigenvalue weighted by molar-refractivity contribution is 5.83. The van der Waals surface area contributed by atoms with Gasteiger partial charge in [-0.1, -0.05) is 0 Å². The van der Waals surface area contributed by atoms with Crippen LogP contribution in [0.5, 0.6) is 0 Å². The van der Waals surface area contributed by atoms with E-state index in [4.69, 9.17) is 16.7 Å². The number of nitrogens with zero attached hydrogens (tertiary/aromatic N) is 2. The van der Waals surface area contributed by atoms with Crippen LogP contribution in [-0.4, -0.2) is 47.7 Å². The average Bonchev–Trinajstić information content (AvgIpc) is 2.61. The predicted octanol–water partition coefficient (Wildman–Crippen LogP) is -1.01. The zero-order valence-electron chi connectivity index (χ0n) is 9.55. The summed E-state index contributed by atoms with van der Waals surface area (Å²) in [6.45, 7) is -0.498. The summed E-state index contributed by atoms with van der Waals surface area (Å²) < 4.78 is 26.4. The van der Waals surface area contributed by atoms with Gasteiger partial charge in [0.25, 0.3) is 0 Å². The van der Waals surface area contributed by atoms with Gasteiger partial charge in [-0.15, -0.1) is 0 Å². The molecule has 4 N–H and O–H groups in total. The summed E-state index contributed by atoms with van der Waals surface area (Å²) in [5.41, 5.74) is 10.4. The fourth-order valence-corrected chi connectivity index (χ4v) is 1.77. The van der Waals surface area contributed by atoms with Crippen molar-refractivity contribution >= 4 is 11.8 Å². The molecule has 1 rings (SSSR count). The van der Waals surface area contributed by atoms with E-state index in [1.165, 1.54) is 6.07 Å². The monoisotopic (exact) mass is 260 g/mol. The number of carbonyl (C=O) groups is 2. The lowest BCUT2D eigenvalue weighted by atomic mass is 10.1. The molecule has 0 spiro atoms. The Morgan fingerprint density at radius 3 is 2.61 bits per heavy atom. The first-order chi connectivity index (χ1) is 8.38. The van der Waals surface area contributed by atoms with Crippen LogP contribution in [0.2, 0.25) is 0 Å². The van der Waals surface area contributed by atoms with E-state index < -0.39 is 42.8 Å². The molecule has 1 heterocycles. The number of rotatable bonds is 4. The Morgan fingerprint density at radius 1 is 1.50 bits per heavy atom. The molecule has 18 heavy (non-hydrogen) atoms. The smallest absolute Gasteiger partial charge is 0.240 e. The molecule has 100 valence electrons. The number of hydrogen-bond acceptors (Lipinski definition) is 4. The van der Waals surface area contributed by atoms with E-state index in [-0.39, 0.29) is 12.8 Å². The highest BCUT2D eigenvalue weighted by Gasteiger charge is 2.46. The van der Waals surface area contributed by atoms with Gasteiger partial charge >= 0.3 is 0 Å². The largest absolute Gasteiger partial charge is 0.370 e. The van der Waals surface area contributed by atoms with E-state index in [0.717, 1.165) is 4.90 Å². The van der Waals surface area contributed by atoms with Gasteiger partial charge in [0.2, 0.25) is 11.8 Å². The zero-order chi connectivity index (χ0) is 13.9. The Kier molecular flexibility index (Phi) is 4.55. The number of nitriles is 1. The summed E-state index contributed by atoms with van der Waals surface area (Å²) in [5.74, 6) is -1.37. The van der Waals surface area contributed by atoms with Gasteiger partial charge in [-0.25, -0.2) is 8.78 Å². The molecule has 1 aliphatic heterocycles. The van der Waals surface area contributed by atoms with Gasteiger partial charge in [0, 0.05) is 6.42 Å². The highest BCUT2D eigenvalue weighted by Crippen LogP contribution is 2.24. The molecule has 0 bridgehead atoms. The van der Waals surface area contributed by atoms with E-state index in [9.17, 15) is 18.4 Å². The quantitative estimate of drug-likeness (QED) is 0.674. The number of amides is 2. The van der Waals surface area contributed by atoms with Crippen molar-refractivity contribution in [2.75, 3.05) is 6.54 Å². The highest BCUT2D eigenvalue weighted by atomic mass is 19.2. The molecule has 6 nitrogen and oxygen atoms in total. The topological polar surface area (TPSA) is 113 Å². The summed E-state index contributed by atoms with van der Waals surface area (Å²) in [6.07, 6.45) is -4.03. The lowest BCUT2D eigenvalue weighted by molar-refractivity contribution is -0.133. The van der Waals surface area contributed by atoms with Gasteiger partial charge < -0.3 is 16.4 Å². The third-order valence-electron chi connectivity index (χ3n) is 2.79. The van der Waals surface area contributed by atoms with Gasteiger partial charge in [-0.3, -0.25) is 9.59 Å². The molecule has 1 saturated heterocycles. The van der Waals surface area contributed by atoms with Crippen molar-refractivity contribution in [3.63, 3.8) is 0 Å². The second-order valence-corrected chi connectivity index (χ2v) is 4.14. The van der Waals surface area contributed by atoms with Crippen molar-refractivity contribution in [2.24, 2.45) is 11.5 Å². The Morgan fingerprint density at radius 2 is 2.11 bits per heavy atom. The number of likely N-dealkylation sites (tertiary alicyclic amines) is 1. The lowest BCUT2D eigenvalue weighted by Gasteiger charge is -2.22. The summed E-state index contributed by atoms with van der Waals surface area (Å²) >= 11 is 0. The Balaban J connectivity index is 2.66. The molecule has 8 heteroatoms. The summed E-state index contributed by atoms with van der Waals surface area (Å²) in [4.78, 5) is 23.1. The molecule has 0 aromatic heterocycles. The Bertz CT molecular complexity index is 385. The van der Waals surface area contributed by atoms with E-state index >= 15 is 0 Å². The van der Waals surface area contributed by atoms with Crippen LogP contribution in [-0.2, 0) is 9.59 Å². The van der Waals surface area contributed by atoms with Crippen molar-refractivity contribution in [3.05, 3.63) is 0 Å². The van der Waals surface area contributed by atoms with Crippen LogP contribution >= 0.6 is 0 Å². The second kappa shape index (κ2) is 5.73. The van der Waals surface area contributed by atoms with E-state index in [0.29, 0.717) is 0 Å². The molecule has 0 aromatic rings. The first-order valence-corrected chi connectivity index (χ1v) is 5.40. The third kappa shape index (κ3) is 2.92. The number of hydrogen-bond donors (Lipinski definition) is 2. The van der Waals surface area contributed by atoms with Crippen LogP contribution < -0.4 is 11.5 Å². The van der Waals surface area contributed by atoms with E-state index in [1.54, 1.807) is 0 Å². The van der Waals surface area contributed by atoms with Crippen LogP contribution in [0.1, 0.15) is 12.8 Å². The number of alkyl halides is 2. The van der Waals surface area contributed by atoms with Crippen molar-refractivity contribution < 1.29 is 18.4 Å². The van der Waals surface area contributed by atoms with Crippen LogP contribution in [0.3, 0.4) is 0 Å². The van der Waals surface area contributed by atoms with Crippen molar-refractivity contribution in [1.29, 1.82) is 5.26 Å². The molecule has 2 amide bonds. The molecule has 0 saturated carbocycles. The Hall–Kier alpha value is -1.75. The molecule has 1 fully saturated rings. The number of carbonyl (C=O) groups excluding carboxylic acids is 2. The van der Waals surface area contributed by atoms with Crippen molar-refractivity contribution in [1.82, 2.24) is 4.90 Å². The van der Waals surface area contributed by atoms with Crippen LogP contribution in [0, 0.1) is 11.3 Å². The summed E-state index contributed by atoms with van der Waals surface area (Å²) in [5, 5.41) is 8.71. The van der Waals surface area contributed by atoms with Gasteiger partial charge in [0.1, 0.15) is 0 Å². The van der Waals surface area contributed by atoms with E-state index in [1.807, 2.05) is 0 Å². The van der Waals surface area contributed by atoms with Crippen molar-refractivity contribution in [3.8, 4) is 6.07 Å². The zero-order valence-corrected chi connectivity index (χ0v) is 9.55. The standard InChI is InChI=1S/C10H14F2N4O2/c11-5-4-16(7(3-13)9(5)12)10(18)6(14)1-2-8(15)17/h5-7,9H,1-2,4,14H2,(H2,15,17)/t5-,6-,7-,9+/m0/s1. The van der Waals surface area contributed by atoms with Gasteiger partial charge in [0.15, 0.2) is 18.4 Å².